The average Bonchev–Trinajstić information content (AvgIpc) is 2.80. The van der Waals surface area contributed by atoms with Crippen LogP contribution >= 0.6 is 15.9 Å². The molecule has 0 spiro atoms. The second-order valence-corrected chi connectivity index (χ2v) is 6.88. The first kappa shape index (κ1) is 24.1. The third-order valence-corrected chi connectivity index (χ3v) is 5.24. The molecule has 0 aliphatic carbocycles. The van der Waals surface area contributed by atoms with Gasteiger partial charge < -0.3 is 28.4 Å². The van der Waals surface area contributed by atoms with E-state index >= 15 is 0 Å². The van der Waals surface area contributed by atoms with Gasteiger partial charge in [-0.25, -0.2) is 0 Å². The van der Waals surface area contributed by atoms with Crippen LogP contribution in [0.2, 0.25) is 0 Å². The van der Waals surface area contributed by atoms with Crippen molar-refractivity contribution in [1.82, 2.24) is 0 Å². The number of alkyl halides is 1. The first-order valence-electron chi connectivity index (χ1n) is 9.47. The van der Waals surface area contributed by atoms with E-state index < -0.39 is 11.9 Å². The van der Waals surface area contributed by atoms with Gasteiger partial charge >= 0.3 is 0 Å². The van der Waals surface area contributed by atoms with Gasteiger partial charge in [0.1, 0.15) is 5.60 Å². The molecule has 0 radical (unpaired) electrons. The smallest absolute Gasteiger partial charge is 0.169 e. The number of methoxy groups -OCH3 is 4. The maximum atomic E-state index is 6.52. The summed E-state index contributed by atoms with van der Waals surface area (Å²) in [7, 11) is 6.38. The van der Waals surface area contributed by atoms with Crippen LogP contribution in [0.4, 0.5) is 0 Å². The summed E-state index contributed by atoms with van der Waals surface area (Å²) in [5.41, 5.74) is 0.549. The quantitative estimate of drug-likeness (QED) is 0.244. The Morgan fingerprint density at radius 1 is 0.867 bits per heavy atom. The Bertz CT molecular complexity index is 783. The maximum Gasteiger partial charge on any atom is 0.169 e. The van der Waals surface area contributed by atoms with Crippen molar-refractivity contribution in [3.8, 4) is 23.0 Å². The molecule has 1 atom stereocenters. The highest BCUT2D eigenvalue weighted by molar-refractivity contribution is 9.09. The van der Waals surface area contributed by atoms with Gasteiger partial charge in [0, 0.05) is 6.61 Å². The highest BCUT2D eigenvalue weighted by Crippen LogP contribution is 2.43. The average molecular weight is 481 g/mol. The lowest BCUT2D eigenvalue weighted by Gasteiger charge is -2.35. The molecular weight excluding hydrogens is 452 g/mol. The summed E-state index contributed by atoms with van der Waals surface area (Å²) in [6.45, 7) is 6.51. The van der Waals surface area contributed by atoms with E-state index in [9.17, 15) is 0 Å². The van der Waals surface area contributed by atoms with Gasteiger partial charge in [-0.3, -0.25) is 0 Å². The molecule has 0 N–H and O–H groups in total. The number of halogens is 1. The van der Waals surface area contributed by atoms with Crippen LogP contribution in [0.1, 0.15) is 18.1 Å². The molecule has 2 aromatic carbocycles. The van der Waals surface area contributed by atoms with Crippen LogP contribution < -0.4 is 18.9 Å². The Morgan fingerprint density at radius 3 is 1.67 bits per heavy atom. The third-order valence-electron chi connectivity index (χ3n) is 4.71. The predicted molar refractivity (Wildman–Crippen MR) is 120 cm³/mol. The molecule has 0 aliphatic rings. The topological polar surface area (TPSA) is 55.4 Å². The molecule has 0 saturated heterocycles. The molecule has 7 heteroatoms. The fourth-order valence-electron chi connectivity index (χ4n) is 3.22. The zero-order valence-corrected chi connectivity index (χ0v) is 19.7. The zero-order valence-electron chi connectivity index (χ0n) is 18.1. The van der Waals surface area contributed by atoms with Crippen molar-refractivity contribution in [2.75, 3.05) is 40.4 Å². The van der Waals surface area contributed by atoms with Crippen molar-refractivity contribution in [2.45, 2.75) is 18.8 Å². The van der Waals surface area contributed by atoms with Gasteiger partial charge in [-0.15, -0.1) is 0 Å². The standard InChI is InChI=1S/C23H29BrO6/c1-7-23(30-22(15-24)29-8-2,16-9-11-18(25-3)20(13-16)27-5)17-10-12-19(26-4)21(14-17)28-6/h7,9-14,22H,1,8,15H2,2-6H3. The molecule has 30 heavy (non-hydrogen) atoms. The number of benzene rings is 2. The fraction of sp³-hybridized carbons (Fsp3) is 0.391. The van der Waals surface area contributed by atoms with Gasteiger partial charge in [0.05, 0.1) is 33.8 Å². The van der Waals surface area contributed by atoms with Crippen LogP contribution in [0.5, 0.6) is 23.0 Å². The fourth-order valence-corrected chi connectivity index (χ4v) is 3.54. The van der Waals surface area contributed by atoms with Crippen molar-refractivity contribution < 1.29 is 28.4 Å². The molecule has 0 bridgehead atoms. The Kier molecular flexibility index (Phi) is 9.02. The summed E-state index contributed by atoms with van der Waals surface area (Å²) in [6.07, 6.45) is 1.22. The van der Waals surface area contributed by atoms with Gasteiger partial charge in [0.15, 0.2) is 29.3 Å². The Balaban J connectivity index is 2.72. The highest BCUT2D eigenvalue weighted by Gasteiger charge is 2.37. The number of ether oxygens (including phenoxy) is 6. The molecular formula is C23H29BrO6. The molecule has 0 amide bonds. The molecule has 164 valence electrons. The van der Waals surface area contributed by atoms with Crippen molar-refractivity contribution in [1.29, 1.82) is 0 Å². The third kappa shape index (κ3) is 4.91. The summed E-state index contributed by atoms with van der Waals surface area (Å²) in [4.78, 5) is 0. The van der Waals surface area contributed by atoms with E-state index in [2.05, 4.69) is 22.5 Å². The zero-order chi connectivity index (χ0) is 22.1. The van der Waals surface area contributed by atoms with Crippen LogP contribution in [-0.2, 0) is 15.1 Å². The molecule has 6 nitrogen and oxygen atoms in total. The van der Waals surface area contributed by atoms with E-state index in [1.165, 1.54) is 0 Å². The van der Waals surface area contributed by atoms with Crippen LogP contribution in [0.25, 0.3) is 0 Å². The number of hydrogen-bond donors (Lipinski definition) is 0. The number of hydrogen-bond acceptors (Lipinski definition) is 6. The Labute approximate surface area is 186 Å². The van der Waals surface area contributed by atoms with E-state index in [0.717, 1.165) is 11.1 Å². The van der Waals surface area contributed by atoms with Gasteiger partial charge in [0.2, 0.25) is 0 Å². The number of rotatable bonds is 12. The molecule has 1 unspecified atom stereocenters. The van der Waals surface area contributed by atoms with E-state index in [1.807, 2.05) is 43.3 Å². The highest BCUT2D eigenvalue weighted by atomic mass is 79.9. The van der Waals surface area contributed by atoms with Crippen LogP contribution in [0.15, 0.2) is 49.1 Å². The lowest BCUT2D eigenvalue weighted by molar-refractivity contribution is -0.171. The molecule has 0 fully saturated rings. The van der Waals surface area contributed by atoms with Crippen LogP contribution in [0, 0.1) is 0 Å². The molecule has 0 aliphatic heterocycles. The molecule has 2 rings (SSSR count). The van der Waals surface area contributed by atoms with Crippen LogP contribution in [-0.4, -0.2) is 46.7 Å². The SMILES string of the molecule is C=CC(OC(CBr)OCC)(c1ccc(OC)c(OC)c1)c1ccc(OC)c(OC)c1. The summed E-state index contributed by atoms with van der Waals surface area (Å²) in [6, 6.07) is 11.2. The first-order valence-corrected chi connectivity index (χ1v) is 10.6. The Hall–Kier alpha value is -2.22. The summed E-state index contributed by atoms with van der Waals surface area (Å²) >= 11 is 3.47. The summed E-state index contributed by atoms with van der Waals surface area (Å²) < 4.78 is 34.1. The lowest BCUT2D eigenvalue weighted by atomic mass is 9.85. The van der Waals surface area contributed by atoms with Crippen molar-refractivity contribution in [3.05, 3.63) is 60.2 Å². The first-order chi connectivity index (χ1) is 14.5. The summed E-state index contributed by atoms with van der Waals surface area (Å²) in [5, 5.41) is 0.483. The molecule has 0 heterocycles. The predicted octanol–water partition coefficient (Wildman–Crippen LogP) is 4.92. The molecule has 0 saturated carbocycles. The van der Waals surface area contributed by atoms with Crippen molar-refractivity contribution >= 4 is 15.9 Å². The van der Waals surface area contributed by atoms with E-state index in [1.54, 1.807) is 34.5 Å². The van der Waals surface area contributed by atoms with E-state index in [-0.39, 0.29) is 0 Å². The molecule has 2 aromatic rings. The van der Waals surface area contributed by atoms with Gasteiger partial charge in [-0.1, -0.05) is 40.7 Å². The summed E-state index contributed by atoms with van der Waals surface area (Å²) in [5.74, 6) is 2.40. The maximum absolute atomic E-state index is 6.52. The van der Waals surface area contributed by atoms with E-state index in [4.69, 9.17) is 28.4 Å². The second kappa shape index (κ2) is 11.2. The van der Waals surface area contributed by atoms with Gasteiger partial charge in [-0.05, 0) is 42.3 Å². The second-order valence-electron chi connectivity index (χ2n) is 6.24. The van der Waals surface area contributed by atoms with Crippen molar-refractivity contribution in [3.63, 3.8) is 0 Å². The van der Waals surface area contributed by atoms with Gasteiger partial charge in [-0.2, -0.15) is 0 Å². The van der Waals surface area contributed by atoms with Gasteiger partial charge in [0.25, 0.3) is 0 Å². The minimum atomic E-state index is -1.05. The minimum absolute atomic E-state index is 0.483. The van der Waals surface area contributed by atoms with Crippen molar-refractivity contribution in [2.24, 2.45) is 0 Å². The van der Waals surface area contributed by atoms with Crippen LogP contribution in [0.3, 0.4) is 0 Å². The minimum Gasteiger partial charge on any atom is -0.493 e. The van der Waals surface area contributed by atoms with E-state index in [0.29, 0.717) is 34.9 Å². The monoisotopic (exact) mass is 480 g/mol. The Morgan fingerprint density at radius 2 is 1.33 bits per heavy atom. The lowest BCUT2D eigenvalue weighted by Crippen LogP contribution is -2.36. The molecule has 0 aromatic heterocycles. The normalized spacial score (nSPS) is 12.2. The largest absolute Gasteiger partial charge is 0.493 e.